The molecule has 11 heteroatoms. The first-order chi connectivity index (χ1) is 17.3. The van der Waals surface area contributed by atoms with E-state index in [9.17, 15) is 19.6 Å². The van der Waals surface area contributed by atoms with Gasteiger partial charge < -0.3 is 10.2 Å². The SMILES string of the molecule is CC(C)Nc1cc(NC(=O)N2CCCc3cc(CN4CCN(C)CC4=O)c(C=O)nc32)ncc1C#N. The topological polar surface area (TPSA) is 135 Å². The minimum Gasteiger partial charge on any atom is -0.382 e. The second-order valence-corrected chi connectivity index (χ2v) is 9.40. The number of likely N-dealkylation sites (N-methyl/N-ethyl adjacent to an activating group) is 1. The molecule has 0 unspecified atom stereocenters. The van der Waals surface area contributed by atoms with E-state index >= 15 is 0 Å². The summed E-state index contributed by atoms with van der Waals surface area (Å²) in [6.45, 7) is 6.36. The predicted octanol–water partition coefficient (Wildman–Crippen LogP) is 2.24. The summed E-state index contributed by atoms with van der Waals surface area (Å²) in [6.07, 6.45) is 3.54. The quantitative estimate of drug-likeness (QED) is 0.589. The molecule has 0 aromatic carbocycles. The van der Waals surface area contributed by atoms with E-state index in [1.54, 1.807) is 11.0 Å². The number of aryl methyl sites for hydroxylation is 1. The molecule has 11 nitrogen and oxygen atoms in total. The van der Waals surface area contributed by atoms with Gasteiger partial charge in [0.1, 0.15) is 23.4 Å². The zero-order valence-electron chi connectivity index (χ0n) is 20.7. The first-order valence-corrected chi connectivity index (χ1v) is 12.0. The van der Waals surface area contributed by atoms with Crippen molar-refractivity contribution in [1.82, 2.24) is 19.8 Å². The Hall–Kier alpha value is -4.04. The van der Waals surface area contributed by atoms with Crippen LogP contribution in [0.2, 0.25) is 0 Å². The van der Waals surface area contributed by atoms with Gasteiger partial charge in [0.05, 0.1) is 17.8 Å². The van der Waals surface area contributed by atoms with Gasteiger partial charge in [-0.3, -0.25) is 24.7 Å². The average Bonchev–Trinajstić information content (AvgIpc) is 2.84. The van der Waals surface area contributed by atoms with Gasteiger partial charge in [0.25, 0.3) is 0 Å². The summed E-state index contributed by atoms with van der Waals surface area (Å²) in [5.74, 6) is 0.749. The summed E-state index contributed by atoms with van der Waals surface area (Å²) in [5, 5.41) is 15.3. The van der Waals surface area contributed by atoms with Crippen molar-refractivity contribution in [3.8, 4) is 6.07 Å². The van der Waals surface area contributed by atoms with E-state index in [0.717, 1.165) is 18.5 Å². The number of hydrogen-bond donors (Lipinski definition) is 2. The number of nitrogens with zero attached hydrogens (tertiary/aromatic N) is 6. The molecule has 2 aliphatic rings. The maximum Gasteiger partial charge on any atom is 0.328 e. The number of hydrogen-bond acceptors (Lipinski definition) is 8. The summed E-state index contributed by atoms with van der Waals surface area (Å²) in [4.78, 5) is 51.5. The Morgan fingerprint density at radius 3 is 2.78 bits per heavy atom. The molecule has 2 aromatic rings. The number of piperazine rings is 1. The van der Waals surface area contributed by atoms with Crippen LogP contribution in [0.5, 0.6) is 0 Å². The molecular formula is C25H30N8O3. The number of pyridine rings is 2. The molecule has 2 aliphatic heterocycles. The van der Waals surface area contributed by atoms with Crippen LogP contribution in [0, 0.1) is 11.3 Å². The molecule has 1 saturated heterocycles. The number of aldehydes is 1. The number of aromatic nitrogens is 2. The predicted molar refractivity (Wildman–Crippen MR) is 135 cm³/mol. The molecule has 0 saturated carbocycles. The second kappa shape index (κ2) is 10.7. The third-order valence-electron chi connectivity index (χ3n) is 6.21. The molecule has 2 N–H and O–H groups in total. The van der Waals surface area contributed by atoms with E-state index in [1.807, 2.05) is 31.9 Å². The molecule has 3 amide bonds. The van der Waals surface area contributed by atoms with E-state index in [4.69, 9.17) is 0 Å². The Balaban J connectivity index is 1.56. The van der Waals surface area contributed by atoms with Crippen LogP contribution in [0.4, 0.5) is 22.1 Å². The standard InChI is InChI=1S/C25H30N8O3/c1-16(2)28-20-10-22(27-12-19(20)11-26)30-25(36)33-6-4-5-17-9-18(21(15-34)29-24(17)33)13-32-8-7-31(3)14-23(32)35/h9-10,12,15-16H,4-8,13-14H2,1-3H3,(H2,27,28,30,36). The van der Waals surface area contributed by atoms with E-state index in [0.29, 0.717) is 67.3 Å². The van der Waals surface area contributed by atoms with E-state index in [-0.39, 0.29) is 17.6 Å². The maximum absolute atomic E-state index is 13.2. The van der Waals surface area contributed by atoms with Gasteiger partial charge in [0, 0.05) is 50.0 Å². The van der Waals surface area contributed by atoms with E-state index in [1.165, 1.54) is 11.1 Å². The number of urea groups is 1. The molecular weight excluding hydrogens is 460 g/mol. The fourth-order valence-corrected chi connectivity index (χ4v) is 4.40. The lowest BCUT2D eigenvalue weighted by atomic mass is 10.0. The molecule has 2 aromatic heterocycles. The van der Waals surface area contributed by atoms with E-state index < -0.39 is 6.03 Å². The van der Waals surface area contributed by atoms with Gasteiger partial charge in [0.15, 0.2) is 6.29 Å². The first-order valence-electron chi connectivity index (χ1n) is 12.0. The molecule has 0 radical (unpaired) electrons. The number of anilines is 3. The minimum atomic E-state index is -0.421. The number of amides is 3. The molecule has 4 rings (SSSR count). The zero-order chi connectivity index (χ0) is 25.8. The molecule has 1 fully saturated rings. The van der Waals surface area contributed by atoms with Gasteiger partial charge >= 0.3 is 6.03 Å². The molecule has 0 aliphatic carbocycles. The fraction of sp³-hybridized carbons (Fsp3) is 0.440. The highest BCUT2D eigenvalue weighted by molar-refractivity contribution is 6.02. The minimum absolute atomic E-state index is 0.0144. The average molecular weight is 491 g/mol. The summed E-state index contributed by atoms with van der Waals surface area (Å²) in [7, 11) is 1.90. The third kappa shape index (κ3) is 5.44. The smallest absolute Gasteiger partial charge is 0.328 e. The Morgan fingerprint density at radius 2 is 2.08 bits per heavy atom. The van der Waals surface area contributed by atoms with Crippen molar-refractivity contribution in [2.24, 2.45) is 0 Å². The zero-order valence-corrected chi connectivity index (χ0v) is 20.7. The number of fused-ring (bicyclic) bond motifs is 1. The van der Waals surface area contributed by atoms with Crippen molar-refractivity contribution >= 4 is 35.5 Å². The summed E-state index contributed by atoms with van der Waals surface area (Å²) in [6, 6.07) is 5.28. The molecule has 0 atom stereocenters. The van der Waals surface area contributed by atoms with Crippen molar-refractivity contribution < 1.29 is 14.4 Å². The second-order valence-electron chi connectivity index (χ2n) is 9.40. The van der Waals surface area contributed by atoms with Gasteiger partial charge in [0.2, 0.25) is 5.91 Å². The highest BCUT2D eigenvalue weighted by atomic mass is 16.2. The number of nitrogens with one attached hydrogen (secondary N) is 2. The van der Waals surface area contributed by atoms with E-state index in [2.05, 4.69) is 26.7 Å². The van der Waals surface area contributed by atoms with Crippen LogP contribution in [0.1, 0.15) is 47.4 Å². The van der Waals surface area contributed by atoms with Gasteiger partial charge in [-0.25, -0.2) is 14.8 Å². The van der Waals surface area contributed by atoms with Gasteiger partial charge in [-0.05, 0) is 45.4 Å². The lowest BCUT2D eigenvalue weighted by Crippen LogP contribution is -2.48. The number of carbonyl (C=O) groups excluding carboxylic acids is 3. The van der Waals surface area contributed by atoms with Crippen LogP contribution in [-0.2, 0) is 17.8 Å². The molecule has 0 bridgehead atoms. The Morgan fingerprint density at radius 1 is 1.28 bits per heavy atom. The molecule has 0 spiro atoms. The van der Waals surface area contributed by atoms with Gasteiger partial charge in [-0.1, -0.05) is 0 Å². The summed E-state index contributed by atoms with van der Waals surface area (Å²) < 4.78 is 0. The number of carbonyl (C=O) groups is 3. The normalized spacial score (nSPS) is 15.9. The number of nitriles is 1. The van der Waals surface area contributed by atoms with Crippen molar-refractivity contribution in [3.63, 3.8) is 0 Å². The highest BCUT2D eigenvalue weighted by Crippen LogP contribution is 2.29. The Labute approximate surface area is 210 Å². The Kier molecular flexibility index (Phi) is 7.45. The summed E-state index contributed by atoms with van der Waals surface area (Å²) >= 11 is 0. The fourth-order valence-electron chi connectivity index (χ4n) is 4.40. The maximum atomic E-state index is 13.2. The van der Waals surface area contributed by atoms with Crippen molar-refractivity contribution in [3.05, 3.63) is 40.7 Å². The molecule has 188 valence electrons. The third-order valence-corrected chi connectivity index (χ3v) is 6.21. The monoisotopic (exact) mass is 490 g/mol. The molecule has 36 heavy (non-hydrogen) atoms. The number of rotatable bonds is 6. The first kappa shape index (κ1) is 25.1. The van der Waals surface area contributed by atoms with Crippen LogP contribution >= 0.6 is 0 Å². The Bertz CT molecular complexity index is 1220. The lowest BCUT2D eigenvalue weighted by Gasteiger charge is -2.33. The van der Waals surface area contributed by atoms with Crippen LogP contribution in [0.15, 0.2) is 18.3 Å². The van der Waals surface area contributed by atoms with Crippen molar-refractivity contribution in [1.29, 1.82) is 5.26 Å². The summed E-state index contributed by atoms with van der Waals surface area (Å²) in [5.41, 5.74) is 2.73. The van der Waals surface area contributed by atoms with Crippen LogP contribution in [-0.4, -0.2) is 77.3 Å². The highest BCUT2D eigenvalue weighted by Gasteiger charge is 2.28. The largest absolute Gasteiger partial charge is 0.382 e. The lowest BCUT2D eigenvalue weighted by molar-refractivity contribution is -0.136. The van der Waals surface area contributed by atoms with Crippen molar-refractivity contribution in [2.45, 2.75) is 39.3 Å². The van der Waals surface area contributed by atoms with Gasteiger partial charge in [-0.15, -0.1) is 0 Å². The van der Waals surface area contributed by atoms with Crippen LogP contribution in [0.25, 0.3) is 0 Å². The van der Waals surface area contributed by atoms with Gasteiger partial charge in [-0.2, -0.15) is 5.26 Å². The van der Waals surface area contributed by atoms with Crippen LogP contribution < -0.4 is 15.5 Å². The van der Waals surface area contributed by atoms with Crippen molar-refractivity contribution in [2.75, 3.05) is 48.8 Å². The molecule has 4 heterocycles. The van der Waals surface area contributed by atoms with Crippen LogP contribution in [0.3, 0.4) is 0 Å².